The molecule has 59 heavy (non-hydrogen) atoms. The summed E-state index contributed by atoms with van der Waals surface area (Å²) in [6.07, 6.45) is 13.4. The van der Waals surface area contributed by atoms with E-state index in [2.05, 4.69) is 13.2 Å². The van der Waals surface area contributed by atoms with Gasteiger partial charge in [-0.3, -0.25) is 0 Å². The average Bonchev–Trinajstić information content (AvgIpc) is 3.22. The van der Waals surface area contributed by atoms with Crippen LogP contribution in [-0.4, -0.2) is 50.3 Å². The van der Waals surface area contributed by atoms with Gasteiger partial charge in [-0.2, -0.15) is 8.78 Å². The molecule has 3 aromatic carbocycles. The highest BCUT2D eigenvalue weighted by Gasteiger charge is 2.26. The number of hydrogen-bond acceptors (Lipinski definition) is 10. The van der Waals surface area contributed by atoms with Gasteiger partial charge < -0.3 is 28.4 Å². The minimum absolute atomic E-state index is 0.0149. The maximum atomic E-state index is 14.9. The molecule has 13 heteroatoms. The molecule has 0 saturated carbocycles. The Morgan fingerprint density at radius 2 is 0.847 bits per heavy atom. The lowest BCUT2D eigenvalue weighted by molar-refractivity contribution is -0.139. The van der Waals surface area contributed by atoms with Crippen LogP contribution in [0, 0.1) is 17.5 Å². The number of halogens is 3. The van der Waals surface area contributed by atoms with E-state index in [0.717, 1.165) is 89.9 Å². The molecule has 0 aliphatic carbocycles. The van der Waals surface area contributed by atoms with Crippen molar-refractivity contribution in [2.45, 2.75) is 104 Å². The predicted octanol–water partition coefficient (Wildman–Crippen LogP) is 11.0. The number of carbonyl (C=O) groups excluding carboxylic acids is 4. The van der Waals surface area contributed by atoms with Gasteiger partial charge in [0.25, 0.3) is 0 Å². The average molecular weight is 825 g/mol. The highest BCUT2D eigenvalue weighted by atomic mass is 19.2. The van der Waals surface area contributed by atoms with Crippen molar-refractivity contribution in [3.63, 3.8) is 0 Å². The molecule has 10 nitrogen and oxygen atoms in total. The number of rotatable bonds is 28. The van der Waals surface area contributed by atoms with Crippen LogP contribution in [0.5, 0.6) is 23.0 Å². The summed E-state index contributed by atoms with van der Waals surface area (Å²) >= 11 is 0. The van der Waals surface area contributed by atoms with Crippen molar-refractivity contribution in [1.29, 1.82) is 0 Å². The smallest absolute Gasteiger partial charge is 0.343 e. The summed E-state index contributed by atoms with van der Waals surface area (Å²) in [5.41, 5.74) is 0.716. The fraction of sp³-hybridized carbons (Fsp3) is 0.435. The van der Waals surface area contributed by atoms with Crippen LogP contribution in [0.4, 0.5) is 13.2 Å². The Balaban J connectivity index is 1.34. The van der Waals surface area contributed by atoms with Gasteiger partial charge in [0.1, 0.15) is 11.5 Å². The molecule has 320 valence electrons. The van der Waals surface area contributed by atoms with Crippen molar-refractivity contribution in [2.24, 2.45) is 0 Å². The third kappa shape index (κ3) is 17.8. The van der Waals surface area contributed by atoms with E-state index in [-0.39, 0.29) is 23.1 Å². The third-order valence-electron chi connectivity index (χ3n) is 8.94. The molecule has 0 heterocycles. The Bertz CT molecular complexity index is 1840. The van der Waals surface area contributed by atoms with Crippen molar-refractivity contribution in [3.8, 4) is 23.0 Å². The van der Waals surface area contributed by atoms with Gasteiger partial charge in [0.15, 0.2) is 11.6 Å². The maximum absolute atomic E-state index is 14.9. The quantitative estimate of drug-likeness (QED) is 0.0230. The van der Waals surface area contributed by atoms with Gasteiger partial charge in [-0.25, -0.2) is 23.6 Å². The molecule has 0 spiro atoms. The van der Waals surface area contributed by atoms with E-state index in [1.807, 2.05) is 0 Å². The summed E-state index contributed by atoms with van der Waals surface area (Å²) in [7, 11) is 0. The number of unbranched alkanes of at least 4 members (excludes halogenated alkanes) is 12. The Morgan fingerprint density at radius 1 is 0.492 bits per heavy atom. The molecule has 0 aliphatic rings. The normalized spacial score (nSPS) is 10.7. The molecule has 3 aromatic rings. The topological polar surface area (TPSA) is 124 Å². The maximum Gasteiger partial charge on any atom is 0.343 e. The minimum atomic E-state index is -1.84. The van der Waals surface area contributed by atoms with Crippen LogP contribution in [0.2, 0.25) is 0 Å². The standard InChI is InChI=1S/C46H55F3O10/c1-32(2)43(50)56-29-17-13-9-5-7-11-15-27-54-36-23-19-34(20-24-36)45(52)58-39-31-38(47)42(41(49)40(39)48)59-46(53)35-21-25-37(26-22-35)55-28-16-12-8-6-10-14-18-30-57-44(51)33(3)4/h19-26,31H,1,3,5-18,27-30H2,2,4H3. The third-order valence-corrected chi connectivity index (χ3v) is 8.94. The van der Waals surface area contributed by atoms with E-state index >= 15 is 0 Å². The van der Waals surface area contributed by atoms with Crippen LogP contribution >= 0.6 is 0 Å². The van der Waals surface area contributed by atoms with E-state index in [1.165, 1.54) is 48.5 Å². The van der Waals surface area contributed by atoms with Crippen molar-refractivity contribution in [1.82, 2.24) is 0 Å². The van der Waals surface area contributed by atoms with Gasteiger partial charge in [-0.1, -0.05) is 77.4 Å². The summed E-state index contributed by atoms with van der Waals surface area (Å²) in [5.74, 6) is -9.24. The lowest BCUT2D eigenvalue weighted by atomic mass is 10.1. The van der Waals surface area contributed by atoms with Crippen LogP contribution in [-0.2, 0) is 19.1 Å². The second-order valence-electron chi connectivity index (χ2n) is 14.1. The van der Waals surface area contributed by atoms with E-state index in [0.29, 0.717) is 55.1 Å². The van der Waals surface area contributed by atoms with Crippen LogP contribution < -0.4 is 18.9 Å². The summed E-state index contributed by atoms with van der Waals surface area (Å²) in [4.78, 5) is 48.0. The second kappa shape index (κ2) is 26.4. The first-order valence-electron chi connectivity index (χ1n) is 20.1. The van der Waals surface area contributed by atoms with E-state index < -0.39 is 40.9 Å². The molecule has 0 saturated heterocycles. The van der Waals surface area contributed by atoms with Crippen LogP contribution in [0.3, 0.4) is 0 Å². The first-order valence-corrected chi connectivity index (χ1v) is 20.1. The summed E-state index contributed by atoms with van der Waals surface area (Å²) in [6.45, 7) is 12.0. The van der Waals surface area contributed by atoms with Gasteiger partial charge in [0.2, 0.25) is 17.4 Å². The Morgan fingerprint density at radius 3 is 1.24 bits per heavy atom. The Labute approximate surface area is 344 Å². The molecule has 0 N–H and O–H groups in total. The second-order valence-corrected chi connectivity index (χ2v) is 14.1. The van der Waals surface area contributed by atoms with Gasteiger partial charge in [0, 0.05) is 17.2 Å². The molecule has 0 unspecified atom stereocenters. The molecule has 0 bridgehead atoms. The van der Waals surface area contributed by atoms with Crippen molar-refractivity contribution in [3.05, 3.63) is 107 Å². The number of benzene rings is 3. The largest absolute Gasteiger partial charge is 0.494 e. The van der Waals surface area contributed by atoms with E-state index in [1.54, 1.807) is 13.8 Å². The molecule has 0 fully saturated rings. The Hall–Kier alpha value is -5.59. The molecular formula is C46H55F3O10. The minimum Gasteiger partial charge on any atom is -0.494 e. The van der Waals surface area contributed by atoms with E-state index in [9.17, 15) is 32.3 Å². The lowest BCUT2D eigenvalue weighted by Crippen LogP contribution is -2.14. The predicted molar refractivity (Wildman–Crippen MR) is 216 cm³/mol. The first-order chi connectivity index (χ1) is 28.4. The molecule has 3 rings (SSSR count). The zero-order valence-corrected chi connectivity index (χ0v) is 34.1. The van der Waals surface area contributed by atoms with Crippen LogP contribution in [0.25, 0.3) is 0 Å². The fourth-order valence-corrected chi connectivity index (χ4v) is 5.54. The Kier molecular flexibility index (Phi) is 21.4. The molecular weight excluding hydrogens is 769 g/mol. The number of esters is 4. The van der Waals surface area contributed by atoms with Gasteiger partial charge in [-0.05, 0) is 88.1 Å². The number of hydrogen-bond donors (Lipinski definition) is 0. The van der Waals surface area contributed by atoms with Gasteiger partial charge >= 0.3 is 23.9 Å². The summed E-state index contributed by atoms with van der Waals surface area (Å²) < 4.78 is 76.1. The number of carbonyl (C=O) groups is 4. The highest BCUT2D eigenvalue weighted by molar-refractivity contribution is 5.92. The summed E-state index contributed by atoms with van der Waals surface area (Å²) in [5, 5.41) is 0. The van der Waals surface area contributed by atoms with Crippen molar-refractivity contribution < 1.29 is 60.8 Å². The van der Waals surface area contributed by atoms with Gasteiger partial charge in [0.05, 0.1) is 37.6 Å². The molecule has 0 aromatic heterocycles. The summed E-state index contributed by atoms with van der Waals surface area (Å²) in [6, 6.07) is 12.0. The fourth-order valence-electron chi connectivity index (χ4n) is 5.54. The highest BCUT2D eigenvalue weighted by Crippen LogP contribution is 2.32. The monoisotopic (exact) mass is 824 g/mol. The molecule has 0 amide bonds. The van der Waals surface area contributed by atoms with Crippen LogP contribution in [0.1, 0.15) is 124 Å². The van der Waals surface area contributed by atoms with Gasteiger partial charge in [-0.15, -0.1) is 0 Å². The zero-order valence-electron chi connectivity index (χ0n) is 34.1. The molecule has 0 radical (unpaired) electrons. The van der Waals surface area contributed by atoms with E-state index in [4.69, 9.17) is 28.4 Å². The van der Waals surface area contributed by atoms with Crippen molar-refractivity contribution >= 4 is 23.9 Å². The van der Waals surface area contributed by atoms with Crippen LogP contribution in [0.15, 0.2) is 78.9 Å². The first kappa shape index (κ1) is 47.8. The lowest BCUT2D eigenvalue weighted by Gasteiger charge is -2.12. The van der Waals surface area contributed by atoms with Crippen molar-refractivity contribution in [2.75, 3.05) is 26.4 Å². The molecule has 0 aliphatic heterocycles. The SMILES string of the molecule is C=C(C)C(=O)OCCCCCCCCCOc1ccc(C(=O)Oc2cc(F)c(OC(=O)c3ccc(OCCCCCCCCCOC(=O)C(=C)C)cc3)c(F)c2F)cc1. The zero-order chi connectivity index (χ0) is 43.0. The molecule has 0 atom stereocenters. The number of ether oxygens (including phenoxy) is 6.